The summed E-state index contributed by atoms with van der Waals surface area (Å²) in [6, 6.07) is 7.60. The maximum absolute atomic E-state index is 8.93. The van der Waals surface area contributed by atoms with Crippen molar-refractivity contribution in [3.8, 4) is 5.69 Å². The molecule has 2 N–H and O–H groups in total. The molecule has 0 fully saturated rings. The topological polar surface area (TPSA) is 50.1 Å². The molecule has 1 atom stereocenters. The molecule has 0 amide bonds. The quantitative estimate of drug-likeness (QED) is 0.869. The fourth-order valence-electron chi connectivity index (χ4n) is 1.54. The van der Waals surface area contributed by atoms with E-state index in [1.54, 1.807) is 4.68 Å². The summed E-state index contributed by atoms with van der Waals surface area (Å²) in [5.41, 5.74) is 2.05. The molecule has 18 heavy (non-hydrogen) atoms. The van der Waals surface area contributed by atoms with Gasteiger partial charge in [-0.15, -0.1) is 0 Å². The highest BCUT2D eigenvalue weighted by Gasteiger charge is 2.03. The summed E-state index contributed by atoms with van der Waals surface area (Å²) in [6.45, 7) is 2.75. The number of rotatable bonds is 5. The zero-order chi connectivity index (χ0) is 13.0. The van der Waals surface area contributed by atoms with Crippen LogP contribution in [-0.2, 0) is 6.54 Å². The Hall–Kier alpha value is -1.36. The third-order valence-corrected chi connectivity index (χ3v) is 2.91. The average Bonchev–Trinajstić information content (AvgIpc) is 2.85. The minimum absolute atomic E-state index is 0.0869. The van der Waals surface area contributed by atoms with Crippen LogP contribution >= 0.6 is 11.6 Å². The lowest BCUT2D eigenvalue weighted by Crippen LogP contribution is -2.28. The molecule has 0 radical (unpaired) electrons. The second-order valence-corrected chi connectivity index (χ2v) is 4.67. The van der Waals surface area contributed by atoms with Gasteiger partial charge in [-0.05, 0) is 31.2 Å². The van der Waals surface area contributed by atoms with E-state index in [2.05, 4.69) is 10.4 Å². The van der Waals surface area contributed by atoms with E-state index < -0.39 is 0 Å². The maximum Gasteiger partial charge on any atom is 0.0646 e. The van der Waals surface area contributed by atoms with Crippen LogP contribution in [0.1, 0.15) is 12.5 Å². The monoisotopic (exact) mass is 265 g/mol. The van der Waals surface area contributed by atoms with Gasteiger partial charge in [0.05, 0.1) is 18.5 Å². The smallest absolute Gasteiger partial charge is 0.0646 e. The van der Waals surface area contributed by atoms with Crippen molar-refractivity contribution in [2.24, 2.45) is 0 Å². The SMILES string of the molecule is C[C@H](CO)NCc1cnn(-c2ccc(Cl)cc2)c1. The lowest BCUT2D eigenvalue weighted by atomic mass is 10.3. The second kappa shape index (κ2) is 6.00. The molecule has 0 saturated carbocycles. The molecule has 0 saturated heterocycles. The molecule has 2 aromatic rings. The summed E-state index contributed by atoms with van der Waals surface area (Å²) in [6.07, 6.45) is 3.77. The van der Waals surface area contributed by atoms with Crippen molar-refractivity contribution in [1.29, 1.82) is 0 Å². The zero-order valence-electron chi connectivity index (χ0n) is 10.2. The molecular formula is C13H16ClN3O. The van der Waals surface area contributed by atoms with Crippen LogP contribution in [0.25, 0.3) is 5.69 Å². The number of hydrogen-bond acceptors (Lipinski definition) is 3. The summed E-state index contributed by atoms with van der Waals surface area (Å²) in [5.74, 6) is 0. The van der Waals surface area contributed by atoms with Crippen LogP contribution in [0.5, 0.6) is 0 Å². The van der Waals surface area contributed by atoms with E-state index in [-0.39, 0.29) is 12.6 Å². The molecule has 0 unspecified atom stereocenters. The first kappa shape index (κ1) is 13.1. The third kappa shape index (κ3) is 3.32. The van der Waals surface area contributed by atoms with Gasteiger partial charge in [0.1, 0.15) is 0 Å². The minimum Gasteiger partial charge on any atom is -0.395 e. The molecule has 4 nitrogen and oxygen atoms in total. The van der Waals surface area contributed by atoms with Crippen LogP contribution < -0.4 is 5.32 Å². The minimum atomic E-state index is 0.0869. The van der Waals surface area contributed by atoms with Gasteiger partial charge in [-0.3, -0.25) is 0 Å². The highest BCUT2D eigenvalue weighted by atomic mass is 35.5. The van der Waals surface area contributed by atoms with Crippen molar-refractivity contribution in [1.82, 2.24) is 15.1 Å². The Balaban J connectivity index is 2.03. The molecule has 0 bridgehead atoms. The van der Waals surface area contributed by atoms with Crippen molar-refractivity contribution in [2.45, 2.75) is 19.5 Å². The molecule has 0 aliphatic heterocycles. The van der Waals surface area contributed by atoms with Crippen LogP contribution in [-0.4, -0.2) is 27.5 Å². The third-order valence-electron chi connectivity index (χ3n) is 2.66. The Labute approximate surface area is 111 Å². The van der Waals surface area contributed by atoms with E-state index >= 15 is 0 Å². The number of aromatic nitrogens is 2. The number of hydrogen-bond donors (Lipinski definition) is 2. The second-order valence-electron chi connectivity index (χ2n) is 4.23. The standard InChI is InChI=1S/C13H16ClN3O/c1-10(9-18)15-6-11-7-16-17(8-11)13-4-2-12(14)3-5-13/h2-5,7-8,10,15,18H,6,9H2,1H3/t10-/m1/s1. The van der Waals surface area contributed by atoms with Gasteiger partial charge >= 0.3 is 0 Å². The van der Waals surface area contributed by atoms with Gasteiger partial charge < -0.3 is 10.4 Å². The fourth-order valence-corrected chi connectivity index (χ4v) is 1.67. The largest absolute Gasteiger partial charge is 0.395 e. The number of benzene rings is 1. The van der Waals surface area contributed by atoms with Crippen molar-refractivity contribution in [2.75, 3.05) is 6.61 Å². The molecule has 96 valence electrons. The highest BCUT2D eigenvalue weighted by Crippen LogP contribution is 2.13. The number of nitrogens with one attached hydrogen (secondary N) is 1. The predicted octanol–water partition coefficient (Wildman–Crippen LogP) is 2.00. The normalized spacial score (nSPS) is 12.6. The molecule has 0 aliphatic rings. The summed E-state index contributed by atoms with van der Waals surface area (Å²) in [5, 5.41) is 17.1. The molecule has 0 spiro atoms. The highest BCUT2D eigenvalue weighted by molar-refractivity contribution is 6.30. The molecule has 2 rings (SSSR count). The van der Waals surface area contributed by atoms with Gasteiger partial charge in [0, 0.05) is 29.4 Å². The molecule has 1 aromatic heterocycles. The van der Waals surface area contributed by atoms with E-state index in [1.807, 2.05) is 43.6 Å². The molecule has 1 heterocycles. The van der Waals surface area contributed by atoms with Crippen molar-refractivity contribution in [3.63, 3.8) is 0 Å². The van der Waals surface area contributed by atoms with Crippen LogP contribution in [0.15, 0.2) is 36.7 Å². The Morgan fingerprint density at radius 1 is 1.39 bits per heavy atom. The Morgan fingerprint density at radius 3 is 2.78 bits per heavy atom. The Morgan fingerprint density at radius 2 is 2.11 bits per heavy atom. The fraction of sp³-hybridized carbons (Fsp3) is 0.308. The van der Waals surface area contributed by atoms with Crippen LogP contribution in [0.4, 0.5) is 0 Å². The van der Waals surface area contributed by atoms with Crippen LogP contribution in [0.2, 0.25) is 5.02 Å². The number of halogens is 1. The number of aliphatic hydroxyl groups is 1. The summed E-state index contributed by atoms with van der Waals surface area (Å²) in [7, 11) is 0. The van der Waals surface area contributed by atoms with E-state index in [9.17, 15) is 0 Å². The van der Waals surface area contributed by atoms with Crippen molar-refractivity contribution < 1.29 is 5.11 Å². The van der Waals surface area contributed by atoms with Crippen molar-refractivity contribution in [3.05, 3.63) is 47.2 Å². The van der Waals surface area contributed by atoms with Crippen LogP contribution in [0.3, 0.4) is 0 Å². The van der Waals surface area contributed by atoms with E-state index in [4.69, 9.17) is 16.7 Å². The first-order valence-electron chi connectivity index (χ1n) is 5.83. The zero-order valence-corrected chi connectivity index (χ0v) is 10.9. The summed E-state index contributed by atoms with van der Waals surface area (Å²) in [4.78, 5) is 0. The first-order valence-corrected chi connectivity index (χ1v) is 6.20. The van der Waals surface area contributed by atoms with E-state index in [1.165, 1.54) is 0 Å². The van der Waals surface area contributed by atoms with Gasteiger partial charge in [-0.1, -0.05) is 11.6 Å². The Bertz CT molecular complexity index is 495. The molecule has 5 heteroatoms. The van der Waals surface area contributed by atoms with Gasteiger partial charge in [-0.25, -0.2) is 4.68 Å². The summed E-state index contributed by atoms with van der Waals surface area (Å²) < 4.78 is 1.80. The van der Waals surface area contributed by atoms with E-state index in [0.717, 1.165) is 11.3 Å². The molecule has 0 aliphatic carbocycles. The van der Waals surface area contributed by atoms with Gasteiger partial charge in [-0.2, -0.15) is 5.10 Å². The van der Waals surface area contributed by atoms with Crippen molar-refractivity contribution >= 4 is 11.6 Å². The number of nitrogens with zero attached hydrogens (tertiary/aromatic N) is 2. The number of aliphatic hydroxyl groups excluding tert-OH is 1. The maximum atomic E-state index is 8.93. The summed E-state index contributed by atoms with van der Waals surface area (Å²) >= 11 is 5.84. The molecular weight excluding hydrogens is 250 g/mol. The average molecular weight is 266 g/mol. The van der Waals surface area contributed by atoms with Gasteiger partial charge in [0.2, 0.25) is 0 Å². The molecule has 1 aromatic carbocycles. The Kier molecular flexibility index (Phi) is 4.36. The van der Waals surface area contributed by atoms with Crippen LogP contribution in [0, 0.1) is 0 Å². The lowest BCUT2D eigenvalue weighted by Gasteiger charge is -2.08. The van der Waals surface area contributed by atoms with Gasteiger partial charge in [0.15, 0.2) is 0 Å². The lowest BCUT2D eigenvalue weighted by molar-refractivity contribution is 0.251. The van der Waals surface area contributed by atoms with Gasteiger partial charge in [0.25, 0.3) is 0 Å². The van der Waals surface area contributed by atoms with E-state index in [0.29, 0.717) is 11.6 Å². The first-order chi connectivity index (χ1) is 8.69. The predicted molar refractivity (Wildman–Crippen MR) is 72.0 cm³/mol.